The highest BCUT2D eigenvalue weighted by molar-refractivity contribution is 6.06. The number of phenolic OH excluding ortho intramolecular Hbond substituents is 1. The van der Waals surface area contributed by atoms with E-state index in [1.54, 1.807) is 12.1 Å². The van der Waals surface area contributed by atoms with Crippen molar-refractivity contribution < 1.29 is 19.5 Å². The molecule has 0 aromatic heterocycles. The van der Waals surface area contributed by atoms with Gasteiger partial charge in [0, 0.05) is 0 Å². The minimum atomic E-state index is -0.431. The van der Waals surface area contributed by atoms with Crippen molar-refractivity contribution in [3.05, 3.63) is 42.0 Å². The van der Waals surface area contributed by atoms with Gasteiger partial charge in [0.25, 0.3) is 11.8 Å². The molecular weight excluding hydrogens is 284 g/mol. The Morgan fingerprint density at radius 2 is 1.64 bits per heavy atom. The Balaban J connectivity index is 1.65. The first kappa shape index (κ1) is 14.3. The first-order chi connectivity index (χ1) is 10.6. The van der Waals surface area contributed by atoms with Gasteiger partial charge in [-0.05, 0) is 30.5 Å². The van der Waals surface area contributed by atoms with Crippen LogP contribution in [-0.2, 0) is 20.8 Å². The molecule has 1 fully saturated rings. The van der Waals surface area contributed by atoms with Crippen molar-refractivity contribution in [1.29, 1.82) is 0 Å². The highest BCUT2D eigenvalue weighted by Crippen LogP contribution is 2.34. The molecule has 0 bridgehead atoms. The summed E-state index contributed by atoms with van der Waals surface area (Å²) in [6.07, 6.45) is 4.91. The molecule has 6 heteroatoms. The van der Waals surface area contributed by atoms with E-state index in [1.807, 2.05) is 12.2 Å². The van der Waals surface area contributed by atoms with Crippen LogP contribution in [0.5, 0.6) is 5.75 Å². The maximum absolute atomic E-state index is 12.2. The quantitative estimate of drug-likeness (QED) is 0.642. The number of benzene rings is 1. The standard InChI is InChI=1S/C16H16N2O4/c19-11-7-5-10(6-8-11)9-14(20)17-18-15(21)12-3-1-2-4-13(12)16(18)22/h1-2,5-8,12-13,19H,3-4,9H2,(H,17,20)/t12-,13-/m1/s1. The monoisotopic (exact) mass is 300 g/mol. The van der Waals surface area contributed by atoms with Gasteiger partial charge in [0.15, 0.2) is 0 Å². The third-order valence-corrected chi connectivity index (χ3v) is 4.05. The molecule has 2 aliphatic rings. The molecule has 1 aliphatic carbocycles. The number of nitrogens with one attached hydrogen (secondary N) is 1. The van der Waals surface area contributed by atoms with E-state index in [-0.39, 0.29) is 35.8 Å². The second-order valence-electron chi connectivity index (χ2n) is 5.55. The number of nitrogens with zero attached hydrogens (tertiary/aromatic N) is 1. The highest BCUT2D eigenvalue weighted by Gasteiger charge is 2.48. The van der Waals surface area contributed by atoms with Crippen LogP contribution in [0.3, 0.4) is 0 Å². The molecule has 2 atom stereocenters. The van der Waals surface area contributed by atoms with E-state index in [4.69, 9.17) is 0 Å². The van der Waals surface area contributed by atoms with E-state index in [2.05, 4.69) is 5.43 Å². The summed E-state index contributed by atoms with van der Waals surface area (Å²) in [6.45, 7) is 0. The van der Waals surface area contributed by atoms with E-state index in [0.29, 0.717) is 18.4 Å². The van der Waals surface area contributed by atoms with Crippen molar-refractivity contribution in [1.82, 2.24) is 10.4 Å². The number of allylic oxidation sites excluding steroid dienone is 2. The van der Waals surface area contributed by atoms with Gasteiger partial charge in [0.05, 0.1) is 18.3 Å². The van der Waals surface area contributed by atoms with Gasteiger partial charge >= 0.3 is 0 Å². The zero-order valence-electron chi connectivity index (χ0n) is 11.9. The van der Waals surface area contributed by atoms with E-state index in [0.717, 1.165) is 5.01 Å². The summed E-state index contributed by atoms with van der Waals surface area (Å²) in [5.74, 6) is -1.70. The van der Waals surface area contributed by atoms with Gasteiger partial charge in [0.2, 0.25) is 5.91 Å². The molecule has 0 radical (unpaired) electrons. The number of rotatable bonds is 3. The molecule has 6 nitrogen and oxygen atoms in total. The Labute approximate surface area is 127 Å². The van der Waals surface area contributed by atoms with Crippen LogP contribution in [0.4, 0.5) is 0 Å². The van der Waals surface area contributed by atoms with E-state index < -0.39 is 5.91 Å². The van der Waals surface area contributed by atoms with Crippen LogP contribution < -0.4 is 5.43 Å². The topological polar surface area (TPSA) is 86.7 Å². The second-order valence-corrected chi connectivity index (χ2v) is 5.55. The number of hydrazine groups is 1. The van der Waals surface area contributed by atoms with Gasteiger partial charge in [0.1, 0.15) is 5.75 Å². The number of hydrogen-bond acceptors (Lipinski definition) is 4. The Kier molecular flexibility index (Phi) is 3.66. The maximum Gasteiger partial charge on any atom is 0.252 e. The van der Waals surface area contributed by atoms with Crippen LogP contribution in [0.15, 0.2) is 36.4 Å². The van der Waals surface area contributed by atoms with Gasteiger partial charge in [-0.15, -0.1) is 0 Å². The van der Waals surface area contributed by atoms with Crippen LogP contribution in [0.25, 0.3) is 0 Å². The third-order valence-electron chi connectivity index (χ3n) is 4.05. The number of aromatic hydroxyl groups is 1. The van der Waals surface area contributed by atoms with Gasteiger partial charge in [-0.2, -0.15) is 5.01 Å². The van der Waals surface area contributed by atoms with Crippen molar-refractivity contribution in [2.75, 3.05) is 0 Å². The smallest absolute Gasteiger partial charge is 0.252 e. The molecule has 3 rings (SSSR count). The third kappa shape index (κ3) is 2.59. The molecular formula is C16H16N2O4. The van der Waals surface area contributed by atoms with E-state index in [9.17, 15) is 19.5 Å². The number of carbonyl (C=O) groups excluding carboxylic acids is 3. The lowest BCUT2D eigenvalue weighted by atomic mass is 9.85. The van der Waals surface area contributed by atoms with Crippen molar-refractivity contribution in [2.24, 2.45) is 11.8 Å². The normalized spacial score (nSPS) is 23.5. The fourth-order valence-corrected chi connectivity index (χ4v) is 2.87. The summed E-state index contributed by atoms with van der Waals surface area (Å²) in [5.41, 5.74) is 3.09. The van der Waals surface area contributed by atoms with Crippen LogP contribution in [-0.4, -0.2) is 27.8 Å². The molecule has 1 aromatic carbocycles. The minimum Gasteiger partial charge on any atom is -0.508 e. The summed E-state index contributed by atoms with van der Waals surface area (Å²) >= 11 is 0. The lowest BCUT2D eigenvalue weighted by Crippen LogP contribution is -2.47. The molecule has 1 saturated heterocycles. The van der Waals surface area contributed by atoms with Gasteiger partial charge in [-0.1, -0.05) is 24.3 Å². The Morgan fingerprint density at radius 1 is 1.09 bits per heavy atom. The lowest BCUT2D eigenvalue weighted by molar-refractivity contribution is -0.148. The molecule has 2 N–H and O–H groups in total. The van der Waals surface area contributed by atoms with Crippen molar-refractivity contribution in [3.8, 4) is 5.75 Å². The van der Waals surface area contributed by atoms with Crippen LogP contribution in [0.1, 0.15) is 18.4 Å². The molecule has 0 spiro atoms. The number of amides is 3. The average molecular weight is 300 g/mol. The fraction of sp³-hybridized carbons (Fsp3) is 0.312. The average Bonchev–Trinajstić information content (AvgIpc) is 2.75. The van der Waals surface area contributed by atoms with Crippen molar-refractivity contribution >= 4 is 17.7 Å². The van der Waals surface area contributed by atoms with Gasteiger partial charge < -0.3 is 5.11 Å². The predicted octanol–water partition coefficient (Wildman–Crippen LogP) is 0.917. The summed E-state index contributed by atoms with van der Waals surface area (Å²) < 4.78 is 0. The molecule has 22 heavy (non-hydrogen) atoms. The molecule has 114 valence electrons. The number of phenols is 1. The Morgan fingerprint density at radius 3 is 2.18 bits per heavy atom. The molecule has 1 aliphatic heterocycles. The van der Waals surface area contributed by atoms with Crippen LogP contribution >= 0.6 is 0 Å². The van der Waals surface area contributed by atoms with Gasteiger partial charge in [-0.25, -0.2) is 0 Å². The summed E-state index contributed by atoms with van der Waals surface area (Å²) in [6, 6.07) is 6.20. The Hall–Kier alpha value is -2.63. The highest BCUT2D eigenvalue weighted by atomic mass is 16.3. The molecule has 1 aromatic rings. The predicted molar refractivity (Wildman–Crippen MR) is 77.2 cm³/mol. The van der Waals surface area contributed by atoms with Crippen molar-refractivity contribution in [3.63, 3.8) is 0 Å². The van der Waals surface area contributed by atoms with Crippen LogP contribution in [0.2, 0.25) is 0 Å². The zero-order valence-corrected chi connectivity index (χ0v) is 11.9. The largest absolute Gasteiger partial charge is 0.508 e. The molecule has 0 saturated carbocycles. The number of fused-ring (bicyclic) bond motifs is 1. The lowest BCUT2D eigenvalue weighted by Gasteiger charge is -2.15. The summed E-state index contributed by atoms with van der Waals surface area (Å²) in [4.78, 5) is 36.4. The van der Waals surface area contributed by atoms with Crippen LogP contribution in [0, 0.1) is 11.8 Å². The minimum absolute atomic E-state index is 0.0327. The van der Waals surface area contributed by atoms with E-state index >= 15 is 0 Å². The van der Waals surface area contributed by atoms with Gasteiger partial charge in [-0.3, -0.25) is 19.8 Å². The fourth-order valence-electron chi connectivity index (χ4n) is 2.87. The number of imide groups is 1. The molecule has 1 heterocycles. The maximum atomic E-state index is 12.2. The summed E-state index contributed by atoms with van der Waals surface area (Å²) in [7, 11) is 0. The first-order valence-corrected chi connectivity index (χ1v) is 7.16. The number of carbonyl (C=O) groups is 3. The van der Waals surface area contributed by atoms with Crippen molar-refractivity contribution in [2.45, 2.75) is 19.3 Å². The molecule has 0 unspecified atom stereocenters. The SMILES string of the molecule is O=C(Cc1ccc(O)cc1)NN1C(=O)[C@@H]2CC=CC[C@H]2C1=O. The first-order valence-electron chi connectivity index (χ1n) is 7.16. The number of hydrogen-bond donors (Lipinski definition) is 2. The molecule has 3 amide bonds. The summed E-state index contributed by atoms with van der Waals surface area (Å²) in [5, 5.41) is 10.1. The second kappa shape index (κ2) is 5.63. The zero-order chi connectivity index (χ0) is 15.7. The van der Waals surface area contributed by atoms with E-state index in [1.165, 1.54) is 12.1 Å². The Bertz CT molecular complexity index is 625.